The molecule has 0 amide bonds. The molecule has 0 saturated carbocycles. The van der Waals surface area contributed by atoms with Gasteiger partial charge in [0, 0.05) is 27.6 Å². The summed E-state index contributed by atoms with van der Waals surface area (Å²) in [6.07, 6.45) is 12.9. The number of aliphatic hydroxyl groups is 1. The van der Waals surface area contributed by atoms with Crippen LogP contribution in [0, 0.1) is 5.41 Å². The number of fused-ring (bicyclic) bond motifs is 2. The van der Waals surface area contributed by atoms with E-state index in [-0.39, 0.29) is 11.0 Å². The van der Waals surface area contributed by atoms with E-state index in [9.17, 15) is 5.11 Å². The van der Waals surface area contributed by atoms with Gasteiger partial charge in [0.25, 0.3) is 0 Å². The Hall–Kier alpha value is -5.08. The molecule has 0 aromatic heterocycles. The van der Waals surface area contributed by atoms with Crippen LogP contribution in [0.3, 0.4) is 0 Å². The van der Waals surface area contributed by atoms with Crippen molar-refractivity contribution >= 4 is 55.7 Å². The van der Waals surface area contributed by atoms with Gasteiger partial charge in [-0.2, -0.15) is 0 Å². The number of ether oxygens (including phenoxy) is 2. The Labute approximate surface area is 391 Å². The standard InChI is InChI=1S/C58H78N4O3/c1-9-12-14-16-22-44-30-34-50(48-26-20-18-24-46(44)48)60-54-39-42(28-32-52(54)59-41-64-36-37-65-57(4,5)6)38-43-29-33-53(62-56(63)58(7,8)11-3)55(40-43)61-51-35-31-45(23-17-15-13-10-2)47-25-19-21-27-49(47)51/h18-21,24-35,39-40,56,59-63H,9-17,22-23,36-38,41H2,1-8H3. The molecule has 7 nitrogen and oxygen atoms in total. The second kappa shape index (κ2) is 23.9. The monoisotopic (exact) mass is 879 g/mol. The molecule has 1 atom stereocenters. The van der Waals surface area contributed by atoms with Gasteiger partial charge in [-0.15, -0.1) is 0 Å². The maximum Gasteiger partial charge on any atom is 0.129 e. The number of hydrogen-bond donors (Lipinski definition) is 5. The number of anilines is 6. The van der Waals surface area contributed by atoms with Crippen molar-refractivity contribution in [3.8, 4) is 0 Å². The molecule has 0 heterocycles. The van der Waals surface area contributed by atoms with Crippen molar-refractivity contribution in [2.45, 2.75) is 144 Å². The van der Waals surface area contributed by atoms with Crippen molar-refractivity contribution < 1.29 is 14.6 Å². The molecule has 0 spiro atoms. The quantitative estimate of drug-likeness (QED) is 0.0274. The van der Waals surface area contributed by atoms with Gasteiger partial charge >= 0.3 is 0 Å². The molecular weight excluding hydrogens is 801 g/mol. The Morgan fingerprint density at radius 2 is 1.02 bits per heavy atom. The van der Waals surface area contributed by atoms with E-state index in [4.69, 9.17) is 9.47 Å². The molecule has 1 unspecified atom stereocenters. The first-order valence-electron chi connectivity index (χ1n) is 24.6. The van der Waals surface area contributed by atoms with Gasteiger partial charge in [-0.1, -0.05) is 146 Å². The van der Waals surface area contributed by atoms with Crippen LogP contribution in [0.4, 0.5) is 34.1 Å². The van der Waals surface area contributed by atoms with Crippen molar-refractivity contribution in [2.24, 2.45) is 5.41 Å². The molecule has 0 bridgehead atoms. The zero-order chi connectivity index (χ0) is 46.2. The summed E-state index contributed by atoms with van der Waals surface area (Å²) < 4.78 is 11.9. The minimum absolute atomic E-state index is 0.203. The molecule has 6 rings (SSSR count). The highest BCUT2D eigenvalue weighted by atomic mass is 16.5. The van der Waals surface area contributed by atoms with Crippen LogP contribution < -0.4 is 21.3 Å². The number of hydrogen-bond acceptors (Lipinski definition) is 7. The molecule has 348 valence electrons. The summed E-state index contributed by atoms with van der Waals surface area (Å²) in [6, 6.07) is 39.7. The summed E-state index contributed by atoms with van der Waals surface area (Å²) in [6.45, 7) is 18.4. The molecule has 0 aliphatic rings. The van der Waals surface area contributed by atoms with E-state index in [1.54, 1.807) is 0 Å². The van der Waals surface area contributed by atoms with Crippen LogP contribution in [-0.4, -0.2) is 36.9 Å². The highest BCUT2D eigenvalue weighted by Gasteiger charge is 2.26. The number of unbranched alkanes of at least 4 members (excludes halogenated alkanes) is 6. The summed E-state index contributed by atoms with van der Waals surface area (Å²) in [7, 11) is 0. The molecule has 6 aromatic carbocycles. The molecule has 65 heavy (non-hydrogen) atoms. The predicted octanol–water partition coefficient (Wildman–Crippen LogP) is 15.7. The predicted molar refractivity (Wildman–Crippen MR) is 280 cm³/mol. The summed E-state index contributed by atoms with van der Waals surface area (Å²) in [5.74, 6) is 0. The summed E-state index contributed by atoms with van der Waals surface area (Å²) in [4.78, 5) is 0. The third kappa shape index (κ3) is 14.2. The number of aliphatic hydroxyl groups excluding tert-OH is 1. The van der Waals surface area contributed by atoms with Crippen molar-refractivity contribution in [3.63, 3.8) is 0 Å². The molecule has 6 aromatic rings. The minimum Gasteiger partial charge on any atom is -0.373 e. The lowest BCUT2D eigenvalue weighted by molar-refractivity contribution is -0.0325. The van der Waals surface area contributed by atoms with Crippen molar-refractivity contribution in [2.75, 3.05) is 41.2 Å². The topological polar surface area (TPSA) is 86.8 Å². The van der Waals surface area contributed by atoms with E-state index in [1.807, 2.05) is 0 Å². The average molecular weight is 879 g/mol. The van der Waals surface area contributed by atoms with E-state index in [0.29, 0.717) is 26.4 Å². The lowest BCUT2D eigenvalue weighted by Gasteiger charge is -2.31. The SMILES string of the molecule is CCCCCCc1ccc(Nc2cc(Cc3ccc(NC(O)C(C)(C)CC)c(Nc4ccc(CCCCCC)c5ccccc45)c3)ccc2NCOCCOC(C)(C)C)c2ccccc12. The Morgan fingerprint density at radius 3 is 1.52 bits per heavy atom. The minimum atomic E-state index is -0.726. The number of rotatable bonds is 26. The second-order valence-electron chi connectivity index (χ2n) is 19.5. The third-order valence-corrected chi connectivity index (χ3v) is 12.8. The molecular formula is C58H78N4O3. The zero-order valence-electron chi connectivity index (χ0n) is 40.8. The lowest BCUT2D eigenvalue weighted by Crippen LogP contribution is -2.35. The van der Waals surface area contributed by atoms with Gasteiger partial charge < -0.3 is 35.8 Å². The van der Waals surface area contributed by atoms with Crippen LogP contribution in [0.15, 0.2) is 109 Å². The van der Waals surface area contributed by atoms with Crippen molar-refractivity contribution in [1.29, 1.82) is 0 Å². The Balaban J connectivity index is 1.31. The molecule has 5 N–H and O–H groups in total. The fourth-order valence-corrected chi connectivity index (χ4v) is 8.42. The normalized spacial score (nSPS) is 12.4. The largest absolute Gasteiger partial charge is 0.373 e. The van der Waals surface area contributed by atoms with Crippen molar-refractivity contribution in [1.82, 2.24) is 0 Å². The zero-order valence-corrected chi connectivity index (χ0v) is 40.8. The van der Waals surface area contributed by atoms with Crippen LogP contribution >= 0.6 is 0 Å². The lowest BCUT2D eigenvalue weighted by atomic mass is 9.88. The fraction of sp³-hybridized carbons (Fsp3) is 0.448. The van der Waals surface area contributed by atoms with E-state index >= 15 is 0 Å². The summed E-state index contributed by atoms with van der Waals surface area (Å²) >= 11 is 0. The van der Waals surface area contributed by atoms with Gasteiger partial charge in [0.05, 0.1) is 41.6 Å². The van der Waals surface area contributed by atoms with Gasteiger partial charge in [0.2, 0.25) is 0 Å². The first kappa shape index (κ1) is 49.4. The average Bonchev–Trinajstić information content (AvgIpc) is 3.30. The van der Waals surface area contributed by atoms with Crippen LogP contribution in [0.25, 0.3) is 21.5 Å². The smallest absolute Gasteiger partial charge is 0.129 e. The molecule has 7 heteroatoms. The van der Waals surface area contributed by atoms with Crippen LogP contribution in [0.2, 0.25) is 0 Å². The summed E-state index contributed by atoms with van der Waals surface area (Å²) in [5, 5.41) is 31.2. The second-order valence-corrected chi connectivity index (χ2v) is 19.5. The molecule has 0 aliphatic heterocycles. The molecule has 0 fully saturated rings. The van der Waals surface area contributed by atoms with Gasteiger partial charge in [0.15, 0.2) is 0 Å². The van der Waals surface area contributed by atoms with Gasteiger partial charge in [-0.3, -0.25) is 0 Å². The Bertz CT molecular complexity index is 2420. The highest BCUT2D eigenvalue weighted by molar-refractivity contribution is 5.99. The van der Waals surface area contributed by atoms with Crippen LogP contribution in [0.5, 0.6) is 0 Å². The van der Waals surface area contributed by atoms with Crippen molar-refractivity contribution in [3.05, 3.63) is 131 Å². The Morgan fingerprint density at radius 1 is 0.523 bits per heavy atom. The molecule has 0 saturated heterocycles. The molecule has 0 aliphatic carbocycles. The maximum atomic E-state index is 11.4. The first-order valence-corrected chi connectivity index (χ1v) is 24.6. The summed E-state index contributed by atoms with van der Waals surface area (Å²) in [5.41, 5.74) is 10.5. The van der Waals surface area contributed by atoms with Gasteiger partial charge in [0.1, 0.15) is 13.0 Å². The van der Waals surface area contributed by atoms with E-state index in [1.165, 1.54) is 89.6 Å². The van der Waals surface area contributed by atoms with E-state index in [0.717, 1.165) is 59.0 Å². The number of nitrogens with one attached hydrogen (secondary N) is 4. The third-order valence-electron chi connectivity index (χ3n) is 12.8. The Kier molecular flexibility index (Phi) is 18.2. The number of aryl methyl sites for hydroxylation is 2. The molecule has 0 radical (unpaired) electrons. The van der Waals surface area contributed by atoms with E-state index < -0.39 is 6.23 Å². The van der Waals surface area contributed by atoms with Crippen LogP contribution in [0.1, 0.15) is 135 Å². The fourth-order valence-electron chi connectivity index (χ4n) is 8.42. The highest BCUT2D eigenvalue weighted by Crippen LogP contribution is 2.37. The van der Waals surface area contributed by atoms with E-state index in [2.05, 4.69) is 186 Å². The van der Waals surface area contributed by atoms with Gasteiger partial charge in [-0.05, 0) is 129 Å². The first-order chi connectivity index (χ1) is 31.4. The van der Waals surface area contributed by atoms with Crippen LogP contribution in [-0.2, 0) is 28.7 Å². The van der Waals surface area contributed by atoms with Gasteiger partial charge in [-0.25, -0.2) is 0 Å². The number of benzene rings is 6. The maximum absolute atomic E-state index is 11.4.